The maximum absolute atomic E-state index is 10.1. The topological polar surface area (TPSA) is 37.3 Å². The second kappa shape index (κ2) is 3.49. The van der Waals surface area contributed by atoms with Gasteiger partial charge in [0.15, 0.2) is 0 Å². The van der Waals surface area contributed by atoms with Crippen LogP contribution in [-0.2, 0) is 4.79 Å². The Morgan fingerprint density at radius 2 is 1.89 bits per heavy atom. The van der Waals surface area contributed by atoms with Crippen molar-refractivity contribution >= 4 is 5.97 Å². The third-order valence-electron chi connectivity index (χ3n) is 1.63. The summed E-state index contributed by atoms with van der Waals surface area (Å²) in [6.07, 6.45) is 0.289. The van der Waals surface area contributed by atoms with Crippen LogP contribution in [0.4, 0.5) is 0 Å². The van der Waals surface area contributed by atoms with Crippen molar-refractivity contribution in [3.63, 3.8) is 0 Å². The summed E-state index contributed by atoms with van der Waals surface area (Å²) in [7, 11) is 0. The molecule has 0 aliphatic heterocycles. The summed E-state index contributed by atoms with van der Waals surface area (Å²) in [5.41, 5.74) is 0. The molecule has 0 unspecified atom stereocenters. The molecule has 0 aromatic rings. The Morgan fingerprint density at radius 3 is 2.00 bits per heavy atom. The largest absolute Gasteiger partial charge is 0.481 e. The van der Waals surface area contributed by atoms with Crippen LogP contribution in [0.25, 0.3) is 0 Å². The Bertz CT molecular complexity index is 97.1. The highest BCUT2D eigenvalue weighted by Gasteiger charge is 2.10. The van der Waals surface area contributed by atoms with E-state index in [-0.39, 0.29) is 6.42 Å². The van der Waals surface area contributed by atoms with Gasteiger partial charge in [0.1, 0.15) is 0 Å². The fourth-order valence-electron chi connectivity index (χ4n) is 0.511. The first-order valence-corrected chi connectivity index (χ1v) is 3.25. The van der Waals surface area contributed by atoms with E-state index in [0.717, 1.165) is 0 Å². The predicted octanol–water partition coefficient (Wildman–Crippen LogP) is 1.75. The van der Waals surface area contributed by atoms with Crippen LogP contribution in [0.3, 0.4) is 0 Å². The maximum Gasteiger partial charge on any atom is 0.303 e. The van der Waals surface area contributed by atoms with Crippen molar-refractivity contribution in [1.82, 2.24) is 0 Å². The van der Waals surface area contributed by atoms with Crippen LogP contribution in [-0.4, -0.2) is 11.1 Å². The molecule has 0 spiro atoms. The smallest absolute Gasteiger partial charge is 0.303 e. The molecule has 0 aliphatic carbocycles. The van der Waals surface area contributed by atoms with Crippen molar-refractivity contribution < 1.29 is 9.90 Å². The van der Waals surface area contributed by atoms with Crippen molar-refractivity contribution in [2.24, 2.45) is 11.8 Å². The number of carbonyl (C=O) groups is 1. The second-order valence-electron chi connectivity index (χ2n) is 2.82. The minimum atomic E-state index is -0.698. The molecular formula is C7H14O2. The third kappa shape index (κ3) is 4.01. The lowest BCUT2D eigenvalue weighted by Gasteiger charge is -2.11. The van der Waals surface area contributed by atoms with Crippen LogP contribution < -0.4 is 0 Å². The van der Waals surface area contributed by atoms with E-state index in [1.54, 1.807) is 0 Å². The summed E-state index contributed by atoms with van der Waals surface area (Å²) < 4.78 is 0. The van der Waals surface area contributed by atoms with Crippen molar-refractivity contribution in [3.8, 4) is 0 Å². The Kier molecular flexibility index (Phi) is 3.28. The monoisotopic (exact) mass is 130 g/mol. The van der Waals surface area contributed by atoms with Crippen LogP contribution in [0.5, 0.6) is 0 Å². The zero-order valence-corrected chi connectivity index (χ0v) is 6.22. The summed E-state index contributed by atoms with van der Waals surface area (Å²) in [6, 6.07) is 0. The van der Waals surface area contributed by atoms with Gasteiger partial charge in [-0.25, -0.2) is 0 Å². The molecular weight excluding hydrogens is 116 g/mol. The standard InChI is InChI=1S/C7H14O2/c1-5(2)6(3)4-7(8)9/h5-6H,4H2,1-3H3,(H,8,9)/t6-/m0/s1. The lowest BCUT2D eigenvalue weighted by atomic mass is 9.95. The van der Waals surface area contributed by atoms with Gasteiger partial charge in [-0.05, 0) is 11.8 Å². The summed E-state index contributed by atoms with van der Waals surface area (Å²) in [4.78, 5) is 10.1. The first-order valence-electron chi connectivity index (χ1n) is 3.25. The molecule has 9 heavy (non-hydrogen) atoms. The van der Waals surface area contributed by atoms with E-state index in [0.29, 0.717) is 11.8 Å². The molecule has 0 fully saturated rings. The number of carboxylic acid groups (broad SMARTS) is 1. The van der Waals surface area contributed by atoms with Crippen molar-refractivity contribution in [2.75, 3.05) is 0 Å². The third-order valence-corrected chi connectivity index (χ3v) is 1.63. The van der Waals surface area contributed by atoms with E-state index in [2.05, 4.69) is 0 Å². The predicted molar refractivity (Wildman–Crippen MR) is 36.3 cm³/mol. The molecule has 2 nitrogen and oxygen atoms in total. The van der Waals surface area contributed by atoms with Crippen molar-refractivity contribution in [3.05, 3.63) is 0 Å². The van der Waals surface area contributed by atoms with Crippen molar-refractivity contribution in [1.29, 1.82) is 0 Å². The number of hydrogen-bond acceptors (Lipinski definition) is 1. The Balaban J connectivity index is 3.50. The maximum atomic E-state index is 10.1. The van der Waals surface area contributed by atoms with E-state index >= 15 is 0 Å². The van der Waals surface area contributed by atoms with Gasteiger partial charge in [-0.1, -0.05) is 20.8 Å². The first-order chi connectivity index (χ1) is 4.04. The molecule has 0 saturated heterocycles. The molecule has 1 atom stereocenters. The first kappa shape index (κ1) is 8.47. The number of hydrogen-bond donors (Lipinski definition) is 1. The van der Waals surface area contributed by atoms with Crippen LogP contribution in [0.1, 0.15) is 27.2 Å². The number of carboxylic acids is 1. The van der Waals surface area contributed by atoms with Crippen molar-refractivity contribution in [2.45, 2.75) is 27.2 Å². The molecule has 0 saturated carbocycles. The fourth-order valence-corrected chi connectivity index (χ4v) is 0.511. The minimum absolute atomic E-state index is 0.289. The van der Waals surface area contributed by atoms with Gasteiger partial charge in [0, 0.05) is 6.42 Å². The summed E-state index contributed by atoms with van der Waals surface area (Å²) >= 11 is 0. The van der Waals surface area contributed by atoms with Crippen LogP contribution >= 0.6 is 0 Å². The highest BCUT2D eigenvalue weighted by Crippen LogP contribution is 2.12. The lowest BCUT2D eigenvalue weighted by Crippen LogP contribution is -2.09. The van der Waals surface area contributed by atoms with Gasteiger partial charge in [-0.2, -0.15) is 0 Å². The van der Waals surface area contributed by atoms with Gasteiger partial charge in [0.05, 0.1) is 0 Å². The molecule has 0 bridgehead atoms. The average Bonchev–Trinajstić information content (AvgIpc) is 1.63. The summed E-state index contributed by atoms with van der Waals surface area (Å²) in [5.74, 6) is 0.0693. The summed E-state index contributed by atoms with van der Waals surface area (Å²) in [6.45, 7) is 6.03. The van der Waals surface area contributed by atoms with Gasteiger partial charge in [0.2, 0.25) is 0 Å². The molecule has 0 heterocycles. The van der Waals surface area contributed by atoms with E-state index < -0.39 is 5.97 Å². The Hall–Kier alpha value is -0.530. The molecule has 0 amide bonds. The van der Waals surface area contributed by atoms with E-state index in [9.17, 15) is 4.79 Å². The molecule has 0 rings (SSSR count). The molecule has 1 N–H and O–H groups in total. The molecule has 0 aromatic heterocycles. The van der Waals surface area contributed by atoms with Crippen LogP contribution in [0.2, 0.25) is 0 Å². The minimum Gasteiger partial charge on any atom is -0.481 e. The van der Waals surface area contributed by atoms with Gasteiger partial charge in [-0.3, -0.25) is 4.79 Å². The zero-order valence-electron chi connectivity index (χ0n) is 6.22. The normalized spacial score (nSPS) is 13.8. The highest BCUT2D eigenvalue weighted by molar-refractivity contribution is 5.66. The Morgan fingerprint density at radius 1 is 1.44 bits per heavy atom. The molecule has 2 heteroatoms. The summed E-state index contributed by atoms with van der Waals surface area (Å²) in [5, 5.41) is 8.33. The number of rotatable bonds is 3. The van der Waals surface area contributed by atoms with Crippen LogP contribution in [0, 0.1) is 11.8 Å². The second-order valence-corrected chi connectivity index (χ2v) is 2.82. The van der Waals surface area contributed by atoms with E-state index in [1.807, 2.05) is 20.8 Å². The lowest BCUT2D eigenvalue weighted by molar-refractivity contribution is -0.138. The van der Waals surface area contributed by atoms with Gasteiger partial charge >= 0.3 is 5.97 Å². The van der Waals surface area contributed by atoms with E-state index in [4.69, 9.17) is 5.11 Å². The SMILES string of the molecule is CC(C)[C@@H](C)CC(=O)O. The molecule has 54 valence electrons. The highest BCUT2D eigenvalue weighted by atomic mass is 16.4. The Labute approximate surface area is 55.9 Å². The van der Waals surface area contributed by atoms with Gasteiger partial charge in [0.25, 0.3) is 0 Å². The van der Waals surface area contributed by atoms with E-state index in [1.165, 1.54) is 0 Å². The fraction of sp³-hybridized carbons (Fsp3) is 0.857. The average molecular weight is 130 g/mol. The molecule has 0 radical (unpaired) electrons. The van der Waals surface area contributed by atoms with Gasteiger partial charge < -0.3 is 5.11 Å². The molecule has 0 aromatic carbocycles. The van der Waals surface area contributed by atoms with Crippen LogP contribution in [0.15, 0.2) is 0 Å². The zero-order chi connectivity index (χ0) is 7.44. The number of aliphatic carboxylic acids is 1. The quantitative estimate of drug-likeness (QED) is 0.632. The molecule has 0 aliphatic rings. The van der Waals surface area contributed by atoms with Gasteiger partial charge in [-0.15, -0.1) is 0 Å².